The number of rotatable bonds is 5. The van der Waals surface area contributed by atoms with Crippen molar-refractivity contribution in [2.45, 2.75) is 38.4 Å². The lowest BCUT2D eigenvalue weighted by Gasteiger charge is -2.19. The molecule has 3 heterocycles. The molecule has 11 heteroatoms. The predicted octanol–water partition coefficient (Wildman–Crippen LogP) is -0.412. The van der Waals surface area contributed by atoms with E-state index in [0.717, 1.165) is 0 Å². The Morgan fingerprint density at radius 2 is 2.04 bits per heavy atom. The molecule has 1 saturated heterocycles. The number of aliphatic hydroxyl groups excluding tert-OH is 1. The van der Waals surface area contributed by atoms with Gasteiger partial charge >= 0.3 is 11.9 Å². The number of imidazole rings is 1. The van der Waals surface area contributed by atoms with Crippen LogP contribution >= 0.6 is 0 Å². The van der Waals surface area contributed by atoms with Crippen molar-refractivity contribution in [1.29, 1.82) is 0 Å². The number of carbonyl (C=O) groups is 2. The highest BCUT2D eigenvalue weighted by Crippen LogP contribution is 2.34. The first-order valence-corrected chi connectivity index (χ1v) is 7.78. The van der Waals surface area contributed by atoms with Gasteiger partial charge in [-0.1, -0.05) is 0 Å². The van der Waals surface area contributed by atoms with E-state index < -0.39 is 36.5 Å². The molecule has 0 aromatic carbocycles. The molecule has 1 fully saturated rings. The van der Waals surface area contributed by atoms with Crippen molar-refractivity contribution in [2.75, 3.05) is 13.7 Å². The van der Waals surface area contributed by atoms with Gasteiger partial charge in [0, 0.05) is 13.8 Å². The van der Waals surface area contributed by atoms with Gasteiger partial charge in [-0.15, -0.1) is 0 Å². The van der Waals surface area contributed by atoms with E-state index in [4.69, 9.17) is 18.9 Å². The molecule has 0 aliphatic carbocycles. The van der Waals surface area contributed by atoms with Gasteiger partial charge in [0.15, 0.2) is 23.5 Å². The summed E-state index contributed by atoms with van der Waals surface area (Å²) in [7, 11) is 1.45. The molecule has 0 bridgehead atoms. The van der Waals surface area contributed by atoms with Gasteiger partial charge in [-0.2, -0.15) is 4.98 Å². The summed E-state index contributed by atoms with van der Waals surface area (Å²) in [5.74, 6) is -0.835. The number of aromatic nitrogens is 4. The third-order valence-electron chi connectivity index (χ3n) is 3.86. The summed E-state index contributed by atoms with van der Waals surface area (Å²) < 4.78 is 22.5. The molecule has 3 rings (SSSR count). The van der Waals surface area contributed by atoms with Crippen molar-refractivity contribution < 1.29 is 33.6 Å². The lowest BCUT2D eigenvalue weighted by Crippen LogP contribution is -2.38. The number of methoxy groups -OCH3 is 1. The summed E-state index contributed by atoms with van der Waals surface area (Å²) in [6.45, 7) is 2.29. The average Bonchev–Trinajstić information content (AvgIpc) is 3.15. The van der Waals surface area contributed by atoms with E-state index in [2.05, 4.69) is 15.0 Å². The van der Waals surface area contributed by atoms with Crippen LogP contribution in [-0.4, -0.2) is 68.6 Å². The van der Waals surface area contributed by atoms with Crippen LogP contribution in [0.1, 0.15) is 20.1 Å². The van der Waals surface area contributed by atoms with E-state index in [9.17, 15) is 14.7 Å². The Bertz CT molecular complexity index is 823. The number of nitrogens with zero attached hydrogens (tertiary/aromatic N) is 4. The topological polar surface area (TPSA) is 135 Å². The number of carbonyl (C=O) groups excluding carboxylic acids is 2. The van der Waals surface area contributed by atoms with E-state index in [-0.39, 0.29) is 12.5 Å². The Morgan fingerprint density at radius 1 is 1.27 bits per heavy atom. The molecule has 2 aromatic heterocycles. The molecule has 4 unspecified atom stereocenters. The van der Waals surface area contributed by atoms with Crippen LogP contribution in [0.5, 0.6) is 5.88 Å². The number of aliphatic hydroxyl groups is 1. The van der Waals surface area contributed by atoms with Crippen LogP contribution in [0.3, 0.4) is 0 Å². The number of ether oxygens (including phenoxy) is 4. The summed E-state index contributed by atoms with van der Waals surface area (Å²) in [5, 5.41) is 10.6. The molecular formula is C15H18N4O7. The van der Waals surface area contributed by atoms with E-state index in [0.29, 0.717) is 11.2 Å². The highest BCUT2D eigenvalue weighted by molar-refractivity contribution is 5.76. The summed E-state index contributed by atoms with van der Waals surface area (Å²) in [6, 6.07) is 0. The number of hydrogen-bond donors (Lipinski definition) is 1. The standard InChI is InChI=1S/C15H18N4O7/c1-7(20)24-4-9-12(25-8(2)21)11(22)15(26-9)19-6-18-10-13(19)16-5-17-14(10)23-3/h5-6,9,11-12,15,22H,4H2,1-3H3. The van der Waals surface area contributed by atoms with E-state index >= 15 is 0 Å². The molecule has 26 heavy (non-hydrogen) atoms. The first kappa shape index (κ1) is 18.0. The fourth-order valence-electron chi connectivity index (χ4n) is 2.79. The molecule has 2 aromatic rings. The fraction of sp³-hybridized carbons (Fsp3) is 0.533. The quantitative estimate of drug-likeness (QED) is 0.696. The second kappa shape index (κ2) is 7.22. The van der Waals surface area contributed by atoms with Crippen LogP contribution < -0.4 is 4.74 Å². The second-order valence-electron chi connectivity index (χ2n) is 5.64. The average molecular weight is 366 g/mol. The molecule has 0 saturated carbocycles. The molecule has 0 radical (unpaired) electrons. The molecule has 4 atom stereocenters. The van der Waals surface area contributed by atoms with Gasteiger partial charge in [0.1, 0.15) is 25.1 Å². The molecule has 140 valence electrons. The lowest BCUT2D eigenvalue weighted by molar-refractivity contribution is -0.157. The molecular weight excluding hydrogens is 348 g/mol. The maximum atomic E-state index is 11.4. The highest BCUT2D eigenvalue weighted by atomic mass is 16.6. The molecule has 1 N–H and O–H groups in total. The zero-order valence-electron chi connectivity index (χ0n) is 14.4. The van der Waals surface area contributed by atoms with Gasteiger partial charge in [0.05, 0.1) is 13.4 Å². The van der Waals surface area contributed by atoms with Gasteiger partial charge in [0.25, 0.3) is 0 Å². The van der Waals surface area contributed by atoms with Gasteiger partial charge in [0.2, 0.25) is 5.88 Å². The maximum absolute atomic E-state index is 11.4. The number of fused-ring (bicyclic) bond motifs is 1. The molecule has 0 amide bonds. The summed E-state index contributed by atoms with van der Waals surface area (Å²) in [5.41, 5.74) is 0.758. The first-order chi connectivity index (χ1) is 12.4. The monoisotopic (exact) mass is 366 g/mol. The Balaban J connectivity index is 1.92. The normalized spacial score (nSPS) is 25.2. The van der Waals surface area contributed by atoms with E-state index in [1.54, 1.807) is 0 Å². The fourth-order valence-corrected chi connectivity index (χ4v) is 2.79. The zero-order valence-corrected chi connectivity index (χ0v) is 14.4. The SMILES string of the molecule is COc1ncnc2c1ncn2C1OC(COC(C)=O)C(OC(C)=O)C1O. The second-order valence-corrected chi connectivity index (χ2v) is 5.64. The highest BCUT2D eigenvalue weighted by Gasteiger charge is 2.48. The van der Waals surface area contributed by atoms with Crippen molar-refractivity contribution in [3.8, 4) is 5.88 Å². The van der Waals surface area contributed by atoms with Gasteiger partial charge in [-0.25, -0.2) is 9.97 Å². The van der Waals surface area contributed by atoms with Gasteiger partial charge < -0.3 is 24.1 Å². The Morgan fingerprint density at radius 3 is 2.69 bits per heavy atom. The van der Waals surface area contributed by atoms with Crippen molar-refractivity contribution >= 4 is 23.1 Å². The van der Waals surface area contributed by atoms with Gasteiger partial charge in [-0.3, -0.25) is 14.2 Å². The summed E-state index contributed by atoms with van der Waals surface area (Å²) in [6.07, 6.45) is -1.33. The molecule has 1 aliphatic rings. The minimum absolute atomic E-state index is 0.175. The van der Waals surface area contributed by atoms with E-state index in [1.165, 1.54) is 38.2 Å². The minimum Gasteiger partial charge on any atom is -0.479 e. The summed E-state index contributed by atoms with van der Waals surface area (Å²) in [4.78, 5) is 34.7. The van der Waals surface area contributed by atoms with Crippen LogP contribution in [0.15, 0.2) is 12.7 Å². The molecule has 0 spiro atoms. The molecule has 1 aliphatic heterocycles. The van der Waals surface area contributed by atoms with Crippen LogP contribution in [0.25, 0.3) is 11.2 Å². The summed E-state index contributed by atoms with van der Waals surface area (Å²) >= 11 is 0. The van der Waals surface area contributed by atoms with E-state index in [1.807, 2.05) is 0 Å². The third-order valence-corrected chi connectivity index (χ3v) is 3.86. The lowest BCUT2D eigenvalue weighted by atomic mass is 10.1. The van der Waals surface area contributed by atoms with Crippen molar-refractivity contribution in [2.24, 2.45) is 0 Å². The Labute approximate surface area is 147 Å². The smallest absolute Gasteiger partial charge is 0.303 e. The first-order valence-electron chi connectivity index (χ1n) is 7.78. The Kier molecular flexibility index (Phi) is 5.00. The predicted molar refractivity (Wildman–Crippen MR) is 84.0 cm³/mol. The van der Waals surface area contributed by atoms with Crippen molar-refractivity contribution in [3.63, 3.8) is 0 Å². The van der Waals surface area contributed by atoms with Crippen molar-refractivity contribution in [1.82, 2.24) is 19.5 Å². The van der Waals surface area contributed by atoms with Crippen LogP contribution in [0.2, 0.25) is 0 Å². The minimum atomic E-state index is -1.22. The largest absolute Gasteiger partial charge is 0.479 e. The van der Waals surface area contributed by atoms with Crippen molar-refractivity contribution in [3.05, 3.63) is 12.7 Å². The number of esters is 2. The van der Waals surface area contributed by atoms with Gasteiger partial charge in [-0.05, 0) is 0 Å². The zero-order chi connectivity index (χ0) is 18.8. The Hall–Kier alpha value is -2.79. The maximum Gasteiger partial charge on any atom is 0.303 e. The van der Waals surface area contributed by atoms with Crippen LogP contribution in [0, 0.1) is 0 Å². The van der Waals surface area contributed by atoms with Crippen LogP contribution in [0.4, 0.5) is 0 Å². The van der Waals surface area contributed by atoms with Crippen LogP contribution in [-0.2, 0) is 23.8 Å². The number of hydrogen-bond acceptors (Lipinski definition) is 10. The molecule has 11 nitrogen and oxygen atoms in total. The third kappa shape index (κ3) is 3.30.